The molecule has 8 heteroatoms. The highest BCUT2D eigenvalue weighted by Crippen LogP contribution is 2.36. The van der Waals surface area contributed by atoms with Gasteiger partial charge < -0.3 is 19.7 Å². The summed E-state index contributed by atoms with van der Waals surface area (Å²) in [5.74, 6) is 1.98. The van der Waals surface area contributed by atoms with Crippen LogP contribution >= 0.6 is 0 Å². The second kappa shape index (κ2) is 8.77. The molecule has 0 spiro atoms. The number of benzene rings is 2. The first-order chi connectivity index (χ1) is 15.0. The van der Waals surface area contributed by atoms with E-state index in [1.807, 2.05) is 54.4 Å². The van der Waals surface area contributed by atoms with Gasteiger partial charge in [-0.05, 0) is 25.2 Å². The Hall–Kier alpha value is -3.39. The maximum absolute atomic E-state index is 12.4. The molecule has 31 heavy (non-hydrogen) atoms. The first kappa shape index (κ1) is 20.9. The lowest BCUT2D eigenvalue weighted by Crippen LogP contribution is -2.40. The van der Waals surface area contributed by atoms with Crippen molar-refractivity contribution in [3.8, 4) is 11.5 Å². The molecular weight excluding hydrogens is 394 g/mol. The Kier molecular flexibility index (Phi) is 5.90. The summed E-state index contributed by atoms with van der Waals surface area (Å²) < 4.78 is 11.9. The van der Waals surface area contributed by atoms with Gasteiger partial charge in [0, 0.05) is 44.2 Å². The molecule has 1 aliphatic rings. The maximum Gasteiger partial charge on any atom is 0.239 e. The van der Waals surface area contributed by atoms with Crippen LogP contribution in [0, 0.1) is 0 Å². The van der Waals surface area contributed by atoms with E-state index in [1.54, 1.807) is 26.1 Å². The van der Waals surface area contributed by atoms with E-state index in [2.05, 4.69) is 15.3 Å². The molecule has 2 atom stereocenters. The van der Waals surface area contributed by atoms with Crippen molar-refractivity contribution >= 4 is 28.3 Å². The molecular formula is C23H27N5O3. The van der Waals surface area contributed by atoms with E-state index in [0.717, 1.165) is 16.6 Å². The zero-order chi connectivity index (χ0) is 22.0. The Balaban J connectivity index is 1.63. The van der Waals surface area contributed by atoms with E-state index in [-0.39, 0.29) is 18.1 Å². The summed E-state index contributed by atoms with van der Waals surface area (Å²) in [6.07, 6.45) is 2.02. The van der Waals surface area contributed by atoms with Crippen molar-refractivity contribution in [2.45, 2.75) is 18.6 Å². The highest BCUT2D eigenvalue weighted by Gasteiger charge is 2.36. The number of hydrogen-bond donors (Lipinski definition) is 1. The molecule has 8 nitrogen and oxygen atoms in total. The van der Waals surface area contributed by atoms with Crippen LogP contribution in [0.2, 0.25) is 0 Å². The van der Waals surface area contributed by atoms with Gasteiger partial charge in [0.15, 0.2) is 11.5 Å². The number of aromatic nitrogens is 2. The van der Waals surface area contributed by atoms with Gasteiger partial charge in [0.1, 0.15) is 18.2 Å². The molecule has 1 N–H and O–H groups in total. The Bertz CT molecular complexity index is 1070. The quantitative estimate of drug-likeness (QED) is 0.655. The predicted octanol–water partition coefficient (Wildman–Crippen LogP) is 2.92. The minimum Gasteiger partial charge on any atom is -0.493 e. The van der Waals surface area contributed by atoms with E-state index < -0.39 is 0 Å². The molecule has 162 valence electrons. The number of fused-ring (bicyclic) bond motifs is 1. The number of likely N-dealkylation sites (N-methyl/N-ethyl adjacent to an activating group) is 2. The van der Waals surface area contributed by atoms with Crippen LogP contribution in [-0.2, 0) is 4.79 Å². The van der Waals surface area contributed by atoms with Crippen LogP contribution in [0.1, 0.15) is 6.42 Å². The van der Waals surface area contributed by atoms with Crippen LogP contribution < -0.4 is 14.8 Å². The van der Waals surface area contributed by atoms with Crippen molar-refractivity contribution in [3.05, 3.63) is 48.8 Å². The number of amides is 1. The van der Waals surface area contributed by atoms with Crippen molar-refractivity contribution < 1.29 is 14.3 Å². The normalized spacial score (nSPS) is 18.7. The van der Waals surface area contributed by atoms with E-state index in [9.17, 15) is 4.79 Å². The monoisotopic (exact) mass is 421 g/mol. The number of hydrogen-bond acceptors (Lipinski definition) is 7. The molecule has 1 amide bonds. The lowest BCUT2D eigenvalue weighted by Gasteiger charge is -2.21. The number of carbonyl (C=O) groups excluding carboxylic acids is 1. The van der Waals surface area contributed by atoms with Gasteiger partial charge in [-0.25, -0.2) is 9.97 Å². The predicted molar refractivity (Wildman–Crippen MR) is 120 cm³/mol. The van der Waals surface area contributed by atoms with E-state index in [1.165, 1.54) is 6.33 Å². The number of nitrogens with zero attached hydrogens (tertiary/aromatic N) is 4. The smallest absolute Gasteiger partial charge is 0.239 e. The molecule has 1 saturated heterocycles. The molecule has 1 aliphatic heterocycles. The molecule has 0 unspecified atom stereocenters. The van der Waals surface area contributed by atoms with Crippen molar-refractivity contribution in [1.82, 2.24) is 19.8 Å². The fraction of sp³-hybridized carbons (Fsp3) is 0.348. The highest BCUT2D eigenvalue weighted by molar-refractivity contribution is 5.93. The topological polar surface area (TPSA) is 79.8 Å². The summed E-state index contributed by atoms with van der Waals surface area (Å²) in [4.78, 5) is 24.9. The van der Waals surface area contributed by atoms with Crippen LogP contribution in [0.15, 0.2) is 48.8 Å². The largest absolute Gasteiger partial charge is 0.493 e. The number of methoxy groups -OCH3 is 1. The van der Waals surface area contributed by atoms with E-state index in [0.29, 0.717) is 30.3 Å². The van der Waals surface area contributed by atoms with E-state index >= 15 is 0 Å². The fourth-order valence-corrected chi connectivity index (χ4v) is 3.88. The number of para-hydroxylation sites is 1. The van der Waals surface area contributed by atoms with Gasteiger partial charge in [-0.15, -0.1) is 0 Å². The van der Waals surface area contributed by atoms with Crippen molar-refractivity contribution in [3.63, 3.8) is 0 Å². The molecule has 1 fully saturated rings. The molecule has 1 aromatic heterocycles. The molecule has 4 rings (SSSR count). The number of ether oxygens (including phenoxy) is 2. The zero-order valence-electron chi connectivity index (χ0n) is 18.2. The summed E-state index contributed by atoms with van der Waals surface area (Å²) in [5.41, 5.74) is 1.69. The molecule has 2 aromatic carbocycles. The molecule has 0 saturated carbocycles. The third-order valence-corrected chi connectivity index (χ3v) is 5.49. The third kappa shape index (κ3) is 4.39. The number of likely N-dealkylation sites (tertiary alicyclic amines) is 1. The average Bonchev–Trinajstić information content (AvgIpc) is 3.13. The second-order valence-corrected chi connectivity index (χ2v) is 7.90. The zero-order valence-corrected chi connectivity index (χ0v) is 18.2. The summed E-state index contributed by atoms with van der Waals surface area (Å²) >= 11 is 0. The van der Waals surface area contributed by atoms with Gasteiger partial charge in [-0.3, -0.25) is 9.69 Å². The van der Waals surface area contributed by atoms with Gasteiger partial charge in [0.05, 0.1) is 18.7 Å². The minimum absolute atomic E-state index is 0.0850. The van der Waals surface area contributed by atoms with Gasteiger partial charge in [0.25, 0.3) is 0 Å². The first-order valence-corrected chi connectivity index (χ1v) is 10.2. The van der Waals surface area contributed by atoms with Crippen LogP contribution in [0.3, 0.4) is 0 Å². The van der Waals surface area contributed by atoms with Crippen molar-refractivity contribution in [1.29, 1.82) is 0 Å². The first-order valence-electron chi connectivity index (χ1n) is 10.2. The van der Waals surface area contributed by atoms with Crippen LogP contribution in [0.5, 0.6) is 11.5 Å². The molecule has 3 aromatic rings. The van der Waals surface area contributed by atoms with Gasteiger partial charge in [0.2, 0.25) is 5.91 Å². The number of anilines is 2. The van der Waals surface area contributed by atoms with E-state index in [4.69, 9.17) is 9.47 Å². The molecule has 0 radical (unpaired) electrons. The Morgan fingerprint density at radius 3 is 2.65 bits per heavy atom. The maximum atomic E-state index is 12.4. The van der Waals surface area contributed by atoms with Gasteiger partial charge in [-0.1, -0.05) is 18.2 Å². The number of rotatable bonds is 6. The molecule has 0 aliphatic carbocycles. The van der Waals surface area contributed by atoms with Crippen molar-refractivity contribution in [2.75, 3.05) is 40.1 Å². The molecule has 0 bridgehead atoms. The van der Waals surface area contributed by atoms with Gasteiger partial charge in [-0.2, -0.15) is 0 Å². The van der Waals surface area contributed by atoms with Crippen LogP contribution in [0.4, 0.5) is 11.5 Å². The van der Waals surface area contributed by atoms with Crippen molar-refractivity contribution in [2.24, 2.45) is 0 Å². The second-order valence-electron chi connectivity index (χ2n) is 7.90. The molecule has 2 heterocycles. The Labute approximate surface area is 181 Å². The minimum atomic E-state index is -0.190. The standard InChI is InChI=1S/C23H27N5O3/c1-27(2)23(29)19-10-16(13-28(19)3)31-21-11-17-18(12-20(21)30-4)24-14-25-22(17)26-15-8-6-5-7-9-15/h5-9,11-12,14,16,19H,10,13H2,1-4H3,(H,24,25,26)/t16-,19+/m0/s1. The Morgan fingerprint density at radius 1 is 1.16 bits per heavy atom. The van der Waals surface area contributed by atoms with Gasteiger partial charge >= 0.3 is 0 Å². The van der Waals surface area contributed by atoms with Crippen LogP contribution in [-0.4, -0.2) is 72.6 Å². The lowest BCUT2D eigenvalue weighted by atomic mass is 10.1. The number of carbonyl (C=O) groups is 1. The Morgan fingerprint density at radius 2 is 1.94 bits per heavy atom. The lowest BCUT2D eigenvalue weighted by molar-refractivity contribution is -0.133. The number of nitrogens with one attached hydrogen (secondary N) is 1. The summed E-state index contributed by atoms with van der Waals surface area (Å²) in [5, 5.41) is 4.17. The summed E-state index contributed by atoms with van der Waals surface area (Å²) in [6.45, 7) is 0.659. The van der Waals surface area contributed by atoms with Crippen LogP contribution in [0.25, 0.3) is 10.9 Å². The summed E-state index contributed by atoms with van der Waals surface area (Å²) in [7, 11) is 7.11. The highest BCUT2D eigenvalue weighted by atomic mass is 16.5. The SMILES string of the molecule is COc1cc2ncnc(Nc3ccccc3)c2cc1O[C@H]1C[C@H](C(=O)N(C)C)N(C)C1. The average molecular weight is 422 g/mol. The summed E-state index contributed by atoms with van der Waals surface area (Å²) in [6, 6.07) is 13.4. The fourth-order valence-electron chi connectivity index (χ4n) is 3.88. The third-order valence-electron chi connectivity index (χ3n) is 5.49.